The number of hydrogen-bond donors (Lipinski definition) is 0. The summed E-state index contributed by atoms with van der Waals surface area (Å²) in [5.41, 5.74) is 0.871. The molecule has 0 saturated carbocycles. The molecule has 1 aromatic carbocycles. The monoisotopic (exact) mass is 442 g/mol. The number of nitrogens with zero attached hydrogens (tertiary/aromatic N) is 2. The zero-order valence-corrected chi connectivity index (χ0v) is 18.2. The van der Waals surface area contributed by atoms with Gasteiger partial charge in [0.15, 0.2) is 5.78 Å². The smallest absolute Gasteiger partial charge is 0.369 e. The number of thioether (sulfide) groups is 1. The number of rotatable bonds is 7. The second kappa shape index (κ2) is 9.53. The Labute approximate surface area is 177 Å². The lowest BCUT2D eigenvalue weighted by Crippen LogP contribution is -2.46. The predicted molar refractivity (Wildman–Crippen MR) is 114 cm³/mol. The van der Waals surface area contributed by atoms with E-state index in [1.54, 1.807) is 36.1 Å². The van der Waals surface area contributed by atoms with Crippen LogP contribution in [0.15, 0.2) is 34.5 Å². The van der Waals surface area contributed by atoms with Crippen molar-refractivity contribution < 1.29 is 18.0 Å². The number of Topliss-reactive ketones (excluding diaryl/α,β-unsaturated/α-hetero) is 1. The number of ketones is 1. The average molecular weight is 443 g/mol. The van der Waals surface area contributed by atoms with Crippen molar-refractivity contribution >= 4 is 34.6 Å². The van der Waals surface area contributed by atoms with E-state index in [4.69, 9.17) is 0 Å². The third-order valence-electron chi connectivity index (χ3n) is 4.96. The van der Waals surface area contributed by atoms with Gasteiger partial charge in [-0.1, -0.05) is 6.07 Å². The van der Waals surface area contributed by atoms with E-state index in [1.165, 1.54) is 12.1 Å². The minimum absolute atomic E-state index is 0.113. The highest BCUT2D eigenvalue weighted by atomic mass is 32.2. The van der Waals surface area contributed by atoms with Crippen molar-refractivity contribution in [2.24, 2.45) is 0 Å². The Hall–Kier alpha value is -1.51. The third-order valence-corrected chi connectivity index (χ3v) is 7.39. The summed E-state index contributed by atoms with van der Waals surface area (Å²) >= 11 is 3.41. The number of benzene rings is 1. The highest BCUT2D eigenvalue weighted by molar-refractivity contribution is 8.01. The van der Waals surface area contributed by atoms with Crippen molar-refractivity contribution in [3.05, 3.63) is 46.3 Å². The molecule has 0 aliphatic carbocycles. The van der Waals surface area contributed by atoms with Gasteiger partial charge in [-0.05, 0) is 51.1 Å². The Balaban J connectivity index is 1.43. The maximum absolute atomic E-state index is 12.9. The molecule has 0 spiro atoms. The lowest BCUT2D eigenvalue weighted by Gasteiger charge is -2.36. The fraction of sp³-hybridized carbons (Fsp3) is 0.476. The van der Waals surface area contributed by atoms with Gasteiger partial charge in [0.2, 0.25) is 0 Å². The lowest BCUT2D eigenvalue weighted by molar-refractivity contribution is -0.137. The molecule has 2 heterocycles. The zero-order valence-electron chi connectivity index (χ0n) is 16.6. The van der Waals surface area contributed by atoms with Crippen LogP contribution in [0, 0.1) is 6.92 Å². The van der Waals surface area contributed by atoms with Crippen molar-refractivity contribution in [2.45, 2.75) is 30.7 Å². The van der Waals surface area contributed by atoms with E-state index in [-0.39, 0.29) is 5.78 Å². The lowest BCUT2D eigenvalue weighted by atomic mass is 10.1. The molecule has 1 aliphatic rings. The van der Waals surface area contributed by atoms with E-state index in [0.29, 0.717) is 5.69 Å². The van der Waals surface area contributed by atoms with Crippen LogP contribution in [0.25, 0.3) is 0 Å². The van der Waals surface area contributed by atoms with Crippen LogP contribution in [0.3, 0.4) is 0 Å². The molecule has 1 aromatic heterocycles. The van der Waals surface area contributed by atoms with Gasteiger partial charge in [-0.15, -0.1) is 23.1 Å². The van der Waals surface area contributed by atoms with E-state index in [2.05, 4.69) is 4.90 Å². The number of anilines is 1. The van der Waals surface area contributed by atoms with E-state index < -0.39 is 11.7 Å². The number of thiophene rings is 1. The number of halogens is 3. The fourth-order valence-corrected chi connectivity index (χ4v) is 5.89. The first-order valence-corrected chi connectivity index (χ1v) is 11.4. The molecule has 0 unspecified atom stereocenters. The third kappa shape index (κ3) is 5.99. The Kier molecular flexibility index (Phi) is 7.29. The van der Waals surface area contributed by atoms with Crippen LogP contribution in [-0.2, 0) is 6.18 Å². The normalized spacial score (nSPS) is 15.7. The number of carbonyl (C=O) groups is 1. The quantitative estimate of drug-likeness (QED) is 0.317. The van der Waals surface area contributed by atoms with E-state index in [1.807, 2.05) is 17.9 Å². The number of hydrogen-bond acceptors (Lipinski definition) is 5. The van der Waals surface area contributed by atoms with Crippen LogP contribution < -0.4 is 4.90 Å². The molecule has 3 rings (SSSR count). The standard InChI is InChI=1S/C21H25F3N2OS2/c1-15-13-19(16(2)27)20(29-15)28-12-4-7-25-8-10-26(11-9-25)18-6-3-5-17(14-18)21(22,23)24/h3,5-6,13-14H,4,7-12H2,1-2H3. The fourth-order valence-electron chi connectivity index (χ4n) is 3.41. The first kappa shape index (κ1) is 22.2. The molecule has 0 radical (unpaired) electrons. The Morgan fingerprint density at radius 3 is 2.55 bits per heavy atom. The van der Waals surface area contributed by atoms with Gasteiger partial charge >= 0.3 is 6.18 Å². The number of piperazine rings is 1. The number of carbonyl (C=O) groups excluding carboxylic acids is 1. The Bertz CT molecular complexity index is 843. The molecule has 3 nitrogen and oxygen atoms in total. The van der Waals surface area contributed by atoms with E-state index in [0.717, 1.165) is 65.6 Å². The second-order valence-corrected chi connectivity index (χ2v) is 9.81. The SMILES string of the molecule is CC(=O)c1cc(C)sc1SCCCN1CCN(c2cccc(C(F)(F)F)c2)CC1. The average Bonchev–Trinajstić information content (AvgIpc) is 3.06. The summed E-state index contributed by atoms with van der Waals surface area (Å²) in [6.45, 7) is 7.74. The van der Waals surface area contributed by atoms with Gasteiger partial charge in [-0.25, -0.2) is 0 Å². The van der Waals surface area contributed by atoms with Crippen molar-refractivity contribution in [1.82, 2.24) is 4.90 Å². The van der Waals surface area contributed by atoms with Crippen LogP contribution >= 0.6 is 23.1 Å². The van der Waals surface area contributed by atoms with E-state index in [9.17, 15) is 18.0 Å². The molecular weight excluding hydrogens is 417 g/mol. The minimum atomic E-state index is -4.31. The molecule has 29 heavy (non-hydrogen) atoms. The van der Waals surface area contributed by atoms with Gasteiger partial charge in [0.1, 0.15) is 0 Å². The molecule has 0 atom stereocenters. The first-order valence-electron chi connectivity index (χ1n) is 9.63. The predicted octanol–water partition coefficient (Wildman–Crippen LogP) is 5.58. The summed E-state index contributed by atoms with van der Waals surface area (Å²) in [5, 5.41) is 0. The molecule has 158 valence electrons. The molecule has 8 heteroatoms. The molecule has 0 bridgehead atoms. The van der Waals surface area contributed by atoms with Crippen LogP contribution in [0.4, 0.5) is 18.9 Å². The van der Waals surface area contributed by atoms with Crippen molar-refractivity contribution in [1.29, 1.82) is 0 Å². The summed E-state index contributed by atoms with van der Waals surface area (Å²) in [4.78, 5) is 17.2. The minimum Gasteiger partial charge on any atom is -0.369 e. The summed E-state index contributed by atoms with van der Waals surface area (Å²) < 4.78 is 39.9. The van der Waals surface area contributed by atoms with Gasteiger partial charge < -0.3 is 4.90 Å². The van der Waals surface area contributed by atoms with Gasteiger partial charge in [0, 0.05) is 48.1 Å². The van der Waals surface area contributed by atoms with Gasteiger partial charge in [0.25, 0.3) is 0 Å². The molecule has 0 amide bonds. The maximum Gasteiger partial charge on any atom is 0.416 e. The Morgan fingerprint density at radius 2 is 1.90 bits per heavy atom. The van der Waals surface area contributed by atoms with Crippen LogP contribution in [0.5, 0.6) is 0 Å². The first-order chi connectivity index (χ1) is 13.7. The summed E-state index contributed by atoms with van der Waals surface area (Å²) in [6.07, 6.45) is -3.29. The van der Waals surface area contributed by atoms with Gasteiger partial charge in [0.05, 0.1) is 9.77 Å². The van der Waals surface area contributed by atoms with Gasteiger partial charge in [-0.3, -0.25) is 9.69 Å². The van der Waals surface area contributed by atoms with Crippen molar-refractivity contribution in [3.8, 4) is 0 Å². The zero-order chi connectivity index (χ0) is 21.0. The van der Waals surface area contributed by atoms with Crippen LogP contribution in [-0.4, -0.2) is 49.2 Å². The summed E-state index contributed by atoms with van der Waals surface area (Å²) in [5.74, 6) is 1.07. The molecule has 1 aliphatic heterocycles. The number of aryl methyl sites for hydroxylation is 1. The molecule has 1 fully saturated rings. The molecule has 0 N–H and O–H groups in total. The molecule has 2 aromatic rings. The Morgan fingerprint density at radius 1 is 1.17 bits per heavy atom. The van der Waals surface area contributed by atoms with Gasteiger partial charge in [-0.2, -0.15) is 13.2 Å². The van der Waals surface area contributed by atoms with Crippen molar-refractivity contribution in [3.63, 3.8) is 0 Å². The maximum atomic E-state index is 12.9. The van der Waals surface area contributed by atoms with Crippen LogP contribution in [0.1, 0.15) is 34.1 Å². The topological polar surface area (TPSA) is 23.6 Å². The van der Waals surface area contributed by atoms with E-state index >= 15 is 0 Å². The largest absolute Gasteiger partial charge is 0.416 e. The highest BCUT2D eigenvalue weighted by Crippen LogP contribution is 2.33. The summed E-state index contributed by atoms with van der Waals surface area (Å²) in [7, 11) is 0. The highest BCUT2D eigenvalue weighted by Gasteiger charge is 2.31. The summed E-state index contributed by atoms with van der Waals surface area (Å²) in [6, 6.07) is 7.54. The molecule has 1 saturated heterocycles. The second-order valence-electron chi connectivity index (χ2n) is 7.19. The van der Waals surface area contributed by atoms with Crippen molar-refractivity contribution in [2.75, 3.05) is 43.4 Å². The molecular formula is C21H25F3N2OS2. The number of alkyl halides is 3. The van der Waals surface area contributed by atoms with Crippen LogP contribution in [0.2, 0.25) is 0 Å².